The smallest absolute Gasteiger partial charge is 0.273 e. The first kappa shape index (κ1) is 18.7. The van der Waals surface area contributed by atoms with Crippen molar-refractivity contribution < 1.29 is 4.74 Å². The molecule has 148 valence electrons. The predicted octanol–water partition coefficient (Wildman–Crippen LogP) is 3.65. The Labute approximate surface area is 167 Å². The van der Waals surface area contributed by atoms with Gasteiger partial charge in [0.05, 0.1) is 22.7 Å². The summed E-state index contributed by atoms with van der Waals surface area (Å²) in [6, 6.07) is 11.2. The summed E-state index contributed by atoms with van der Waals surface area (Å²) < 4.78 is 7.51. The van der Waals surface area contributed by atoms with Gasteiger partial charge in [-0.3, -0.25) is 14.6 Å². The van der Waals surface area contributed by atoms with Crippen LogP contribution in [0.25, 0.3) is 16.6 Å². The van der Waals surface area contributed by atoms with Crippen LogP contribution in [0.5, 0.6) is 5.75 Å². The number of nitrogens with one attached hydrogen (secondary N) is 2. The minimum Gasteiger partial charge on any atom is -0.491 e. The minimum absolute atomic E-state index is 0.0606. The molecule has 1 aromatic carbocycles. The molecule has 0 spiro atoms. The van der Waals surface area contributed by atoms with Crippen LogP contribution in [0, 0.1) is 13.8 Å². The largest absolute Gasteiger partial charge is 0.491 e. The summed E-state index contributed by atoms with van der Waals surface area (Å²) in [5.41, 5.74) is 2.15. The van der Waals surface area contributed by atoms with E-state index in [0.29, 0.717) is 28.4 Å². The number of aromatic amines is 1. The highest BCUT2D eigenvalue weighted by Crippen LogP contribution is 2.23. The molecule has 4 rings (SSSR count). The number of aromatic nitrogens is 5. The van der Waals surface area contributed by atoms with Crippen molar-refractivity contribution in [3.63, 3.8) is 0 Å². The molecule has 0 aliphatic rings. The van der Waals surface area contributed by atoms with Crippen LogP contribution >= 0.6 is 0 Å². The van der Waals surface area contributed by atoms with Crippen LogP contribution in [0.2, 0.25) is 0 Å². The van der Waals surface area contributed by atoms with E-state index in [2.05, 4.69) is 25.4 Å². The maximum atomic E-state index is 12.4. The highest BCUT2D eigenvalue weighted by atomic mass is 16.5. The summed E-state index contributed by atoms with van der Waals surface area (Å²) in [6.45, 7) is 7.69. The van der Waals surface area contributed by atoms with E-state index in [1.807, 2.05) is 64.1 Å². The summed E-state index contributed by atoms with van der Waals surface area (Å²) in [7, 11) is 0. The van der Waals surface area contributed by atoms with E-state index in [9.17, 15) is 4.79 Å². The zero-order chi connectivity index (χ0) is 20.5. The minimum atomic E-state index is -0.206. The number of hydrogen-bond acceptors (Lipinski definition) is 6. The molecule has 4 aromatic rings. The number of ether oxygens (including phenoxy) is 1. The Hall–Kier alpha value is -3.68. The molecule has 0 radical (unpaired) electrons. The third-order valence-electron chi connectivity index (χ3n) is 4.25. The number of anilines is 2. The van der Waals surface area contributed by atoms with Crippen LogP contribution in [-0.2, 0) is 0 Å². The second-order valence-corrected chi connectivity index (χ2v) is 7.09. The van der Waals surface area contributed by atoms with E-state index < -0.39 is 0 Å². The van der Waals surface area contributed by atoms with Gasteiger partial charge in [0, 0.05) is 30.1 Å². The van der Waals surface area contributed by atoms with Gasteiger partial charge in [-0.05, 0) is 39.8 Å². The lowest BCUT2D eigenvalue weighted by molar-refractivity contribution is 0.242. The second-order valence-electron chi connectivity index (χ2n) is 7.09. The number of aryl methyl sites for hydroxylation is 2. The van der Waals surface area contributed by atoms with Crippen molar-refractivity contribution >= 4 is 22.5 Å². The van der Waals surface area contributed by atoms with Crippen LogP contribution in [-0.4, -0.2) is 30.8 Å². The van der Waals surface area contributed by atoms with Gasteiger partial charge in [-0.1, -0.05) is 6.07 Å². The maximum Gasteiger partial charge on any atom is 0.273 e. The van der Waals surface area contributed by atoms with Gasteiger partial charge >= 0.3 is 0 Å². The maximum absolute atomic E-state index is 12.4. The molecule has 29 heavy (non-hydrogen) atoms. The SMILES string of the molecule is Cc1cc(Nc2cc3c(cn2)c(=O)[nH]n3-c2cccc(OC(C)C)c2)nc(C)n1. The number of hydrogen-bond donors (Lipinski definition) is 2. The van der Waals surface area contributed by atoms with Crippen molar-refractivity contribution in [3.05, 3.63) is 64.5 Å². The van der Waals surface area contributed by atoms with Crippen molar-refractivity contribution in [2.45, 2.75) is 33.8 Å². The highest BCUT2D eigenvalue weighted by molar-refractivity contribution is 5.82. The first-order valence-corrected chi connectivity index (χ1v) is 9.36. The predicted molar refractivity (Wildman–Crippen MR) is 112 cm³/mol. The van der Waals surface area contributed by atoms with E-state index in [4.69, 9.17) is 4.74 Å². The van der Waals surface area contributed by atoms with Crippen molar-refractivity contribution in [2.24, 2.45) is 0 Å². The molecule has 3 heterocycles. The van der Waals surface area contributed by atoms with Crippen molar-refractivity contribution in [3.8, 4) is 11.4 Å². The number of nitrogens with zero attached hydrogens (tertiary/aromatic N) is 4. The van der Waals surface area contributed by atoms with Gasteiger partial charge in [0.25, 0.3) is 5.56 Å². The molecule has 2 N–H and O–H groups in total. The van der Waals surface area contributed by atoms with Crippen molar-refractivity contribution in [2.75, 3.05) is 5.32 Å². The lowest BCUT2D eigenvalue weighted by Gasteiger charge is -2.12. The Morgan fingerprint density at radius 2 is 1.93 bits per heavy atom. The topological polar surface area (TPSA) is 97.7 Å². The van der Waals surface area contributed by atoms with Crippen LogP contribution < -0.4 is 15.6 Å². The van der Waals surface area contributed by atoms with Gasteiger partial charge < -0.3 is 10.1 Å². The van der Waals surface area contributed by atoms with Gasteiger partial charge in [-0.2, -0.15) is 0 Å². The molecule has 3 aromatic heterocycles. The van der Waals surface area contributed by atoms with Gasteiger partial charge in [0.15, 0.2) is 0 Å². The van der Waals surface area contributed by atoms with Gasteiger partial charge in [0.1, 0.15) is 23.2 Å². The molecule has 8 heteroatoms. The van der Waals surface area contributed by atoms with Crippen LogP contribution in [0.15, 0.2) is 47.4 Å². The lowest BCUT2D eigenvalue weighted by Crippen LogP contribution is -2.07. The van der Waals surface area contributed by atoms with E-state index in [0.717, 1.165) is 17.1 Å². The van der Waals surface area contributed by atoms with Gasteiger partial charge in [0.2, 0.25) is 0 Å². The van der Waals surface area contributed by atoms with Crippen LogP contribution in [0.4, 0.5) is 11.6 Å². The van der Waals surface area contributed by atoms with Crippen molar-refractivity contribution in [1.82, 2.24) is 24.7 Å². The molecule has 0 atom stereocenters. The van der Waals surface area contributed by atoms with Crippen LogP contribution in [0.3, 0.4) is 0 Å². The molecule has 0 saturated carbocycles. The first-order valence-electron chi connectivity index (χ1n) is 9.36. The summed E-state index contributed by atoms with van der Waals surface area (Å²) in [6.07, 6.45) is 1.62. The quantitative estimate of drug-likeness (QED) is 0.540. The van der Waals surface area contributed by atoms with Gasteiger partial charge in [-0.25, -0.2) is 15.0 Å². The van der Waals surface area contributed by atoms with Crippen LogP contribution in [0.1, 0.15) is 25.4 Å². The fourth-order valence-corrected chi connectivity index (χ4v) is 3.18. The van der Waals surface area contributed by atoms with Gasteiger partial charge in [-0.15, -0.1) is 0 Å². The Morgan fingerprint density at radius 3 is 2.69 bits per heavy atom. The second kappa shape index (κ2) is 7.38. The monoisotopic (exact) mass is 390 g/mol. The van der Waals surface area contributed by atoms with E-state index in [1.165, 1.54) is 0 Å². The zero-order valence-corrected chi connectivity index (χ0v) is 16.7. The summed E-state index contributed by atoms with van der Waals surface area (Å²) in [4.78, 5) is 25.4. The number of rotatable bonds is 5. The number of fused-ring (bicyclic) bond motifs is 1. The Kier molecular flexibility index (Phi) is 4.75. The molecular weight excluding hydrogens is 368 g/mol. The normalized spacial score (nSPS) is 11.2. The summed E-state index contributed by atoms with van der Waals surface area (Å²) in [5.74, 6) is 2.64. The van der Waals surface area contributed by atoms with E-state index >= 15 is 0 Å². The summed E-state index contributed by atoms with van der Waals surface area (Å²) >= 11 is 0. The van der Waals surface area contributed by atoms with Crippen molar-refractivity contribution in [1.29, 1.82) is 0 Å². The third kappa shape index (κ3) is 3.96. The molecule has 0 unspecified atom stereocenters. The molecule has 0 amide bonds. The fourth-order valence-electron chi connectivity index (χ4n) is 3.18. The number of H-pyrrole nitrogens is 1. The fraction of sp³-hybridized carbons (Fsp3) is 0.238. The third-order valence-corrected chi connectivity index (χ3v) is 4.25. The molecule has 0 fully saturated rings. The molecule has 0 aliphatic carbocycles. The Balaban J connectivity index is 1.76. The number of benzene rings is 1. The number of pyridine rings is 1. The Morgan fingerprint density at radius 1 is 1.10 bits per heavy atom. The Bertz CT molecular complexity index is 1220. The standard InChI is InChI=1S/C21H22N6O2/c1-12(2)29-16-7-5-6-15(9-16)27-18-10-19(22-11-17(18)21(28)26-27)25-20-8-13(3)23-14(4)24-20/h5-12H,1-4H3,(H,26,28)(H,22,23,24,25). The molecule has 0 bridgehead atoms. The average molecular weight is 390 g/mol. The van der Waals surface area contributed by atoms with E-state index in [-0.39, 0.29) is 11.7 Å². The average Bonchev–Trinajstić information content (AvgIpc) is 2.97. The highest BCUT2D eigenvalue weighted by Gasteiger charge is 2.12. The molecule has 8 nitrogen and oxygen atoms in total. The molecule has 0 saturated heterocycles. The zero-order valence-electron chi connectivity index (χ0n) is 16.7. The first-order chi connectivity index (χ1) is 13.9. The molecular formula is C21H22N6O2. The summed E-state index contributed by atoms with van der Waals surface area (Å²) in [5, 5.41) is 6.56. The lowest BCUT2D eigenvalue weighted by atomic mass is 10.2. The van der Waals surface area contributed by atoms with E-state index in [1.54, 1.807) is 10.9 Å². The molecule has 0 aliphatic heterocycles.